The van der Waals surface area contributed by atoms with Gasteiger partial charge >= 0.3 is 0 Å². The van der Waals surface area contributed by atoms with E-state index < -0.39 is 0 Å². The number of rotatable bonds is 7. The lowest BCUT2D eigenvalue weighted by Gasteiger charge is -2.40. The molecule has 0 spiro atoms. The van der Waals surface area contributed by atoms with Crippen LogP contribution in [0, 0.1) is 5.41 Å². The van der Waals surface area contributed by atoms with Gasteiger partial charge in [-0.05, 0) is 13.3 Å². The van der Waals surface area contributed by atoms with Crippen LogP contribution in [0.5, 0.6) is 0 Å². The Morgan fingerprint density at radius 2 is 2.14 bits per heavy atom. The van der Waals surface area contributed by atoms with Crippen LogP contribution in [0.4, 0.5) is 0 Å². The molecule has 1 fully saturated rings. The van der Waals surface area contributed by atoms with Crippen molar-refractivity contribution in [3.05, 3.63) is 0 Å². The van der Waals surface area contributed by atoms with E-state index in [0.717, 1.165) is 19.6 Å². The van der Waals surface area contributed by atoms with Crippen molar-refractivity contribution < 1.29 is 19.3 Å². The van der Waals surface area contributed by atoms with E-state index in [1.54, 1.807) is 0 Å². The van der Waals surface area contributed by atoms with E-state index in [9.17, 15) is 0 Å². The van der Waals surface area contributed by atoms with E-state index in [0.29, 0.717) is 13.2 Å². The monoisotopic (exact) mass is 204 g/mol. The highest BCUT2D eigenvalue weighted by atomic mass is 16.7. The molecule has 1 rings (SSSR count). The SMILES string of the molecule is CCC1(COC(C)OCCO)COC1. The molecule has 0 amide bonds. The van der Waals surface area contributed by atoms with Crippen molar-refractivity contribution in [2.45, 2.75) is 26.6 Å². The van der Waals surface area contributed by atoms with Crippen molar-refractivity contribution in [2.75, 3.05) is 33.0 Å². The zero-order chi connectivity index (χ0) is 10.4. The molecular formula is C10H20O4. The fourth-order valence-electron chi connectivity index (χ4n) is 1.34. The van der Waals surface area contributed by atoms with Gasteiger partial charge in [0.05, 0.1) is 33.0 Å². The van der Waals surface area contributed by atoms with Crippen LogP contribution in [-0.4, -0.2) is 44.4 Å². The predicted octanol–water partition coefficient (Wildman–Crippen LogP) is 0.784. The normalized spacial score (nSPS) is 21.6. The summed E-state index contributed by atoms with van der Waals surface area (Å²) in [5, 5.41) is 8.55. The zero-order valence-corrected chi connectivity index (χ0v) is 8.99. The maximum atomic E-state index is 8.55. The van der Waals surface area contributed by atoms with Crippen molar-refractivity contribution in [1.82, 2.24) is 0 Å². The van der Waals surface area contributed by atoms with Gasteiger partial charge in [0.25, 0.3) is 0 Å². The van der Waals surface area contributed by atoms with E-state index >= 15 is 0 Å². The number of ether oxygens (including phenoxy) is 3. The first kappa shape index (κ1) is 11.9. The Labute approximate surface area is 85.2 Å². The lowest BCUT2D eigenvalue weighted by Crippen LogP contribution is -2.46. The molecule has 4 nitrogen and oxygen atoms in total. The molecule has 4 heteroatoms. The maximum absolute atomic E-state index is 8.55. The lowest BCUT2D eigenvalue weighted by molar-refractivity contribution is -0.204. The average Bonchev–Trinajstić information content (AvgIpc) is 2.14. The molecule has 0 saturated carbocycles. The largest absolute Gasteiger partial charge is 0.394 e. The lowest BCUT2D eigenvalue weighted by atomic mass is 9.84. The van der Waals surface area contributed by atoms with Gasteiger partial charge in [-0.3, -0.25) is 0 Å². The first-order chi connectivity index (χ1) is 6.72. The van der Waals surface area contributed by atoms with Crippen molar-refractivity contribution in [3.63, 3.8) is 0 Å². The van der Waals surface area contributed by atoms with Crippen LogP contribution in [-0.2, 0) is 14.2 Å². The second kappa shape index (κ2) is 5.66. The number of aliphatic hydroxyl groups excluding tert-OH is 1. The summed E-state index contributed by atoms with van der Waals surface area (Å²) in [4.78, 5) is 0. The van der Waals surface area contributed by atoms with Crippen LogP contribution >= 0.6 is 0 Å². The molecule has 0 radical (unpaired) electrons. The van der Waals surface area contributed by atoms with E-state index in [1.165, 1.54) is 0 Å². The van der Waals surface area contributed by atoms with E-state index in [1.807, 2.05) is 6.92 Å². The second-order valence-electron chi connectivity index (χ2n) is 3.82. The fourth-order valence-corrected chi connectivity index (χ4v) is 1.34. The summed E-state index contributed by atoms with van der Waals surface area (Å²) < 4.78 is 15.9. The van der Waals surface area contributed by atoms with Crippen LogP contribution in [0.3, 0.4) is 0 Å². The van der Waals surface area contributed by atoms with Crippen molar-refractivity contribution in [1.29, 1.82) is 0 Å². The third-order valence-corrected chi connectivity index (χ3v) is 2.63. The van der Waals surface area contributed by atoms with E-state index in [-0.39, 0.29) is 18.3 Å². The first-order valence-electron chi connectivity index (χ1n) is 5.14. The standard InChI is InChI=1S/C10H20O4/c1-3-10(6-12-7-10)8-14-9(2)13-5-4-11/h9,11H,3-8H2,1-2H3. The predicted molar refractivity (Wildman–Crippen MR) is 52.0 cm³/mol. The van der Waals surface area contributed by atoms with Gasteiger partial charge in [-0.2, -0.15) is 0 Å². The molecule has 0 bridgehead atoms. The molecule has 84 valence electrons. The van der Waals surface area contributed by atoms with E-state index in [4.69, 9.17) is 19.3 Å². The van der Waals surface area contributed by atoms with Gasteiger partial charge < -0.3 is 19.3 Å². The first-order valence-corrected chi connectivity index (χ1v) is 5.14. The molecule has 0 aromatic rings. The number of hydrogen-bond acceptors (Lipinski definition) is 4. The molecule has 1 saturated heterocycles. The Morgan fingerprint density at radius 1 is 1.43 bits per heavy atom. The Balaban J connectivity index is 2.12. The highest BCUT2D eigenvalue weighted by Crippen LogP contribution is 2.31. The van der Waals surface area contributed by atoms with Gasteiger partial charge in [0.2, 0.25) is 0 Å². The van der Waals surface area contributed by atoms with Gasteiger partial charge in [-0.1, -0.05) is 6.92 Å². The molecule has 1 aliphatic rings. The molecule has 14 heavy (non-hydrogen) atoms. The van der Waals surface area contributed by atoms with Crippen LogP contribution in [0.25, 0.3) is 0 Å². The Hall–Kier alpha value is -0.160. The summed E-state index contributed by atoms with van der Waals surface area (Å²) in [7, 11) is 0. The number of hydrogen-bond donors (Lipinski definition) is 1. The minimum absolute atomic E-state index is 0.0374. The van der Waals surface area contributed by atoms with Gasteiger partial charge in [-0.15, -0.1) is 0 Å². The maximum Gasteiger partial charge on any atom is 0.154 e. The molecule has 1 heterocycles. The summed E-state index contributed by atoms with van der Waals surface area (Å²) in [5.74, 6) is 0. The van der Waals surface area contributed by atoms with Crippen LogP contribution in [0.2, 0.25) is 0 Å². The van der Waals surface area contributed by atoms with Gasteiger partial charge in [0.1, 0.15) is 0 Å². The molecule has 1 N–H and O–H groups in total. The fraction of sp³-hybridized carbons (Fsp3) is 1.00. The summed E-state index contributed by atoms with van der Waals surface area (Å²) in [5.41, 5.74) is 0.205. The van der Waals surface area contributed by atoms with Gasteiger partial charge in [0, 0.05) is 5.41 Å². The van der Waals surface area contributed by atoms with E-state index in [2.05, 4.69) is 6.92 Å². The molecule has 1 atom stereocenters. The molecule has 0 aromatic carbocycles. The van der Waals surface area contributed by atoms with Crippen LogP contribution in [0.1, 0.15) is 20.3 Å². The summed E-state index contributed by atoms with van der Waals surface area (Å²) in [6, 6.07) is 0. The van der Waals surface area contributed by atoms with Crippen molar-refractivity contribution in [2.24, 2.45) is 5.41 Å². The Morgan fingerprint density at radius 3 is 2.57 bits per heavy atom. The van der Waals surface area contributed by atoms with Gasteiger partial charge in [0.15, 0.2) is 6.29 Å². The molecular weight excluding hydrogens is 184 g/mol. The summed E-state index contributed by atoms with van der Waals surface area (Å²) in [6.07, 6.45) is 0.825. The zero-order valence-electron chi connectivity index (χ0n) is 8.99. The average molecular weight is 204 g/mol. The molecule has 1 unspecified atom stereocenters. The summed E-state index contributed by atoms with van der Waals surface area (Å²) >= 11 is 0. The smallest absolute Gasteiger partial charge is 0.154 e. The number of aliphatic hydroxyl groups is 1. The minimum Gasteiger partial charge on any atom is -0.394 e. The minimum atomic E-state index is -0.244. The quantitative estimate of drug-likeness (QED) is 0.623. The molecule has 0 aromatic heterocycles. The third kappa shape index (κ3) is 3.20. The van der Waals surface area contributed by atoms with Crippen LogP contribution in [0.15, 0.2) is 0 Å². The van der Waals surface area contributed by atoms with Gasteiger partial charge in [-0.25, -0.2) is 0 Å². The molecule has 0 aliphatic carbocycles. The second-order valence-corrected chi connectivity index (χ2v) is 3.82. The highest BCUT2D eigenvalue weighted by Gasteiger charge is 2.37. The summed E-state index contributed by atoms with van der Waals surface area (Å²) in [6.45, 7) is 6.61. The van der Waals surface area contributed by atoms with Crippen LogP contribution < -0.4 is 0 Å². The Bertz CT molecular complexity index is 151. The highest BCUT2D eigenvalue weighted by molar-refractivity contribution is 4.83. The topological polar surface area (TPSA) is 47.9 Å². The van der Waals surface area contributed by atoms with Crippen molar-refractivity contribution in [3.8, 4) is 0 Å². The Kier molecular flexibility index (Phi) is 4.81. The molecule has 1 aliphatic heterocycles. The third-order valence-electron chi connectivity index (χ3n) is 2.63. The van der Waals surface area contributed by atoms with Crippen molar-refractivity contribution >= 4 is 0 Å².